The van der Waals surface area contributed by atoms with Crippen molar-refractivity contribution in [3.05, 3.63) is 23.8 Å². The summed E-state index contributed by atoms with van der Waals surface area (Å²) in [6.07, 6.45) is 0.560. The highest BCUT2D eigenvalue weighted by Gasteiger charge is 2.12. The lowest BCUT2D eigenvalue weighted by Gasteiger charge is -2.19. The topological polar surface area (TPSA) is 47.6 Å². The number of fused-ring (bicyclic) bond motifs is 1. The Morgan fingerprint density at radius 1 is 1.28 bits per heavy atom. The Hall–Kier alpha value is -1.71. The predicted molar refractivity (Wildman–Crippen MR) is 68.7 cm³/mol. The lowest BCUT2D eigenvalue weighted by Crippen LogP contribution is -2.24. The Morgan fingerprint density at radius 2 is 2.00 bits per heavy atom. The molecule has 18 heavy (non-hydrogen) atoms. The molecule has 0 aromatic heterocycles. The summed E-state index contributed by atoms with van der Waals surface area (Å²) >= 11 is 0. The Labute approximate surface area is 107 Å². The van der Waals surface area contributed by atoms with Crippen molar-refractivity contribution in [1.82, 2.24) is 5.32 Å². The molecule has 4 heteroatoms. The van der Waals surface area contributed by atoms with Gasteiger partial charge in [-0.25, -0.2) is 0 Å². The van der Waals surface area contributed by atoms with E-state index in [1.165, 1.54) is 0 Å². The number of hydrogen-bond acceptors (Lipinski definition) is 3. The van der Waals surface area contributed by atoms with E-state index < -0.39 is 0 Å². The molecule has 0 saturated heterocycles. The quantitative estimate of drug-likeness (QED) is 0.889. The molecule has 1 N–H and O–H groups in total. The molecule has 2 rings (SSSR count). The van der Waals surface area contributed by atoms with E-state index in [1.807, 2.05) is 32.0 Å². The highest BCUT2D eigenvalue weighted by atomic mass is 16.6. The molecule has 1 aromatic carbocycles. The number of amides is 1. The third-order valence-corrected chi connectivity index (χ3v) is 2.69. The van der Waals surface area contributed by atoms with E-state index in [-0.39, 0.29) is 5.91 Å². The van der Waals surface area contributed by atoms with E-state index >= 15 is 0 Å². The van der Waals surface area contributed by atoms with E-state index in [1.54, 1.807) is 0 Å². The van der Waals surface area contributed by atoms with Gasteiger partial charge in [0, 0.05) is 13.0 Å². The largest absolute Gasteiger partial charge is 0.486 e. The summed E-state index contributed by atoms with van der Waals surface area (Å²) in [5.74, 6) is 2.00. The molecular weight excluding hydrogens is 230 g/mol. The van der Waals surface area contributed by atoms with Crippen LogP contribution in [0.1, 0.15) is 25.8 Å². The number of hydrogen-bond donors (Lipinski definition) is 1. The van der Waals surface area contributed by atoms with Crippen LogP contribution in [0.5, 0.6) is 11.5 Å². The SMILES string of the molecule is CC(C)CC(=O)NCc1ccc2c(c1)OCCO2. The fourth-order valence-corrected chi connectivity index (χ4v) is 1.84. The van der Waals surface area contributed by atoms with Gasteiger partial charge in [0.2, 0.25) is 5.91 Å². The molecule has 0 aliphatic carbocycles. The van der Waals surface area contributed by atoms with Gasteiger partial charge in [0.1, 0.15) is 13.2 Å². The van der Waals surface area contributed by atoms with Gasteiger partial charge in [-0.2, -0.15) is 0 Å². The first-order valence-electron chi connectivity index (χ1n) is 6.30. The lowest BCUT2D eigenvalue weighted by molar-refractivity contribution is -0.121. The van der Waals surface area contributed by atoms with Crippen LogP contribution < -0.4 is 14.8 Å². The molecule has 0 radical (unpaired) electrons. The number of benzene rings is 1. The van der Waals surface area contributed by atoms with Crippen molar-refractivity contribution in [2.24, 2.45) is 5.92 Å². The molecule has 1 aliphatic heterocycles. The van der Waals surface area contributed by atoms with E-state index in [0.717, 1.165) is 17.1 Å². The van der Waals surface area contributed by atoms with Gasteiger partial charge in [-0.05, 0) is 23.6 Å². The first-order chi connectivity index (χ1) is 8.65. The van der Waals surface area contributed by atoms with Gasteiger partial charge in [0.05, 0.1) is 0 Å². The van der Waals surface area contributed by atoms with E-state index in [0.29, 0.717) is 32.1 Å². The summed E-state index contributed by atoms with van der Waals surface area (Å²) in [6.45, 7) is 5.77. The van der Waals surface area contributed by atoms with Crippen LogP contribution in [0.2, 0.25) is 0 Å². The highest BCUT2D eigenvalue weighted by molar-refractivity contribution is 5.76. The number of carbonyl (C=O) groups excluding carboxylic acids is 1. The molecule has 0 atom stereocenters. The molecule has 1 aromatic rings. The second-order valence-corrected chi connectivity index (χ2v) is 4.85. The minimum atomic E-state index is 0.0832. The smallest absolute Gasteiger partial charge is 0.220 e. The van der Waals surface area contributed by atoms with Gasteiger partial charge in [-0.15, -0.1) is 0 Å². The molecule has 0 bridgehead atoms. The van der Waals surface area contributed by atoms with E-state index in [9.17, 15) is 4.79 Å². The molecule has 0 fully saturated rings. The Bertz CT molecular complexity index is 429. The molecule has 0 unspecified atom stereocenters. The number of carbonyl (C=O) groups is 1. The van der Waals surface area contributed by atoms with E-state index in [2.05, 4.69) is 5.32 Å². The summed E-state index contributed by atoms with van der Waals surface area (Å²) < 4.78 is 10.9. The maximum atomic E-state index is 11.5. The van der Waals surface area contributed by atoms with Crippen molar-refractivity contribution in [1.29, 1.82) is 0 Å². The van der Waals surface area contributed by atoms with Gasteiger partial charge < -0.3 is 14.8 Å². The third kappa shape index (κ3) is 3.39. The second kappa shape index (κ2) is 5.76. The van der Waals surface area contributed by atoms with Crippen LogP contribution in [0.15, 0.2) is 18.2 Å². The normalized spacial score (nSPS) is 13.5. The molecule has 0 saturated carbocycles. The average molecular weight is 249 g/mol. The van der Waals surface area contributed by atoms with Crippen LogP contribution in [-0.2, 0) is 11.3 Å². The van der Waals surface area contributed by atoms with Gasteiger partial charge in [-0.3, -0.25) is 4.79 Å². The fraction of sp³-hybridized carbons (Fsp3) is 0.500. The zero-order chi connectivity index (χ0) is 13.0. The average Bonchev–Trinajstić information content (AvgIpc) is 2.35. The van der Waals surface area contributed by atoms with Crippen molar-refractivity contribution < 1.29 is 14.3 Å². The first-order valence-corrected chi connectivity index (χ1v) is 6.30. The van der Waals surface area contributed by atoms with Crippen molar-refractivity contribution in [3.63, 3.8) is 0 Å². The van der Waals surface area contributed by atoms with Crippen LogP contribution in [0.25, 0.3) is 0 Å². The maximum absolute atomic E-state index is 11.5. The summed E-state index contributed by atoms with van der Waals surface area (Å²) in [5.41, 5.74) is 1.02. The van der Waals surface area contributed by atoms with Crippen LogP contribution >= 0.6 is 0 Å². The van der Waals surface area contributed by atoms with Crippen LogP contribution in [0, 0.1) is 5.92 Å². The monoisotopic (exact) mass is 249 g/mol. The van der Waals surface area contributed by atoms with Gasteiger partial charge in [0.15, 0.2) is 11.5 Å². The van der Waals surface area contributed by atoms with Gasteiger partial charge >= 0.3 is 0 Å². The second-order valence-electron chi connectivity index (χ2n) is 4.85. The van der Waals surface area contributed by atoms with Crippen LogP contribution in [-0.4, -0.2) is 19.1 Å². The summed E-state index contributed by atoms with van der Waals surface area (Å²) in [4.78, 5) is 11.5. The van der Waals surface area contributed by atoms with Gasteiger partial charge in [-0.1, -0.05) is 19.9 Å². The Kier molecular flexibility index (Phi) is 4.07. The highest BCUT2D eigenvalue weighted by Crippen LogP contribution is 2.30. The van der Waals surface area contributed by atoms with Crippen molar-refractivity contribution >= 4 is 5.91 Å². The first kappa shape index (κ1) is 12.7. The summed E-state index contributed by atoms with van der Waals surface area (Å²) in [6, 6.07) is 5.76. The van der Waals surface area contributed by atoms with Crippen LogP contribution in [0.4, 0.5) is 0 Å². The van der Waals surface area contributed by atoms with E-state index in [4.69, 9.17) is 9.47 Å². The molecule has 1 amide bonds. The minimum absolute atomic E-state index is 0.0832. The third-order valence-electron chi connectivity index (χ3n) is 2.69. The van der Waals surface area contributed by atoms with Gasteiger partial charge in [0.25, 0.3) is 0 Å². The fourth-order valence-electron chi connectivity index (χ4n) is 1.84. The molecule has 0 spiro atoms. The maximum Gasteiger partial charge on any atom is 0.220 e. The standard InChI is InChI=1S/C14H19NO3/c1-10(2)7-14(16)15-9-11-3-4-12-13(8-11)18-6-5-17-12/h3-4,8,10H,5-7,9H2,1-2H3,(H,15,16). The molecule has 1 aliphatic rings. The zero-order valence-corrected chi connectivity index (χ0v) is 10.9. The lowest BCUT2D eigenvalue weighted by atomic mass is 10.1. The Morgan fingerprint density at radius 3 is 2.72 bits per heavy atom. The Balaban J connectivity index is 1.92. The molecule has 4 nitrogen and oxygen atoms in total. The number of ether oxygens (including phenoxy) is 2. The zero-order valence-electron chi connectivity index (χ0n) is 10.9. The number of rotatable bonds is 4. The predicted octanol–water partition coefficient (Wildman–Crippen LogP) is 2.12. The van der Waals surface area contributed by atoms with Crippen molar-refractivity contribution in [2.75, 3.05) is 13.2 Å². The summed E-state index contributed by atoms with van der Waals surface area (Å²) in [5, 5.41) is 2.90. The number of nitrogens with one attached hydrogen (secondary N) is 1. The van der Waals surface area contributed by atoms with Crippen molar-refractivity contribution in [3.8, 4) is 11.5 Å². The minimum Gasteiger partial charge on any atom is -0.486 e. The molecule has 1 heterocycles. The molecule has 98 valence electrons. The summed E-state index contributed by atoms with van der Waals surface area (Å²) in [7, 11) is 0. The van der Waals surface area contributed by atoms with Crippen LogP contribution in [0.3, 0.4) is 0 Å². The van der Waals surface area contributed by atoms with Crippen molar-refractivity contribution in [2.45, 2.75) is 26.8 Å². The molecular formula is C14H19NO3.